The molecule has 0 radical (unpaired) electrons. The minimum Gasteiger partial charge on any atom is -0.353 e. The maximum Gasteiger partial charge on any atom is 0.208 e. The number of halogens is 1. The lowest BCUT2D eigenvalue weighted by atomic mass is 10.4. The fourth-order valence-corrected chi connectivity index (χ4v) is 2.60. The Morgan fingerprint density at radius 3 is 2.73 bits per heavy atom. The molecule has 0 aliphatic rings. The van der Waals surface area contributed by atoms with Crippen LogP contribution in [0.5, 0.6) is 0 Å². The van der Waals surface area contributed by atoms with Crippen molar-refractivity contribution in [3.05, 3.63) is 21.9 Å². The van der Waals surface area contributed by atoms with Crippen LogP contribution in [0.1, 0.15) is 0 Å². The first kappa shape index (κ1) is 10.7. The van der Waals surface area contributed by atoms with Gasteiger partial charge in [0.15, 0.2) is 5.01 Å². The summed E-state index contributed by atoms with van der Waals surface area (Å²) in [7, 11) is 3.90. The molecule has 0 bridgehead atoms. The molecular weight excluding hydrogens is 323 g/mol. The number of hydrogen-bond donors (Lipinski definition) is 0. The van der Waals surface area contributed by atoms with E-state index >= 15 is 0 Å². The van der Waals surface area contributed by atoms with Crippen LogP contribution in [0.25, 0.3) is 10.7 Å². The van der Waals surface area contributed by atoms with Gasteiger partial charge in [-0.2, -0.15) is 0 Å². The summed E-state index contributed by atoms with van der Waals surface area (Å²) in [4.78, 5) is 6.24. The van der Waals surface area contributed by atoms with E-state index in [1.165, 1.54) is 0 Å². The van der Waals surface area contributed by atoms with Crippen LogP contribution in [-0.2, 0) is 0 Å². The summed E-state index contributed by atoms with van der Waals surface area (Å²) < 4.78 is 1.09. The average molecular weight is 332 g/mol. The molecule has 15 heavy (non-hydrogen) atoms. The third kappa shape index (κ3) is 2.25. The number of aromatic nitrogens is 3. The zero-order valence-corrected chi connectivity index (χ0v) is 11.3. The van der Waals surface area contributed by atoms with Crippen molar-refractivity contribution in [2.45, 2.75) is 0 Å². The van der Waals surface area contributed by atoms with Gasteiger partial charge in [0.2, 0.25) is 5.13 Å². The summed E-state index contributed by atoms with van der Waals surface area (Å²) in [5.74, 6) is 0. The predicted molar refractivity (Wildman–Crippen MR) is 70.2 cm³/mol. The molecule has 0 N–H and O–H groups in total. The Hall–Kier alpha value is -0.760. The van der Waals surface area contributed by atoms with E-state index in [2.05, 4.69) is 37.8 Å². The molecule has 4 nitrogen and oxygen atoms in total. The first-order valence-electron chi connectivity index (χ1n) is 4.30. The third-order valence-electron chi connectivity index (χ3n) is 1.76. The first-order valence-corrected chi connectivity index (χ1v) is 6.19. The predicted octanol–water partition coefficient (Wildman–Crippen LogP) is 2.27. The van der Waals surface area contributed by atoms with Gasteiger partial charge in [-0.25, -0.2) is 0 Å². The standard InChI is InChI=1S/C9H9IN4S/c1-14(2)9-13-12-8(15-9)7-6(10)4-3-5-11-7/h3-5H,1-2H3. The summed E-state index contributed by atoms with van der Waals surface area (Å²) in [5.41, 5.74) is 0.906. The van der Waals surface area contributed by atoms with E-state index in [1.54, 1.807) is 17.5 Å². The highest BCUT2D eigenvalue weighted by atomic mass is 127. The van der Waals surface area contributed by atoms with Crippen LogP contribution in [0.3, 0.4) is 0 Å². The Balaban J connectivity index is 2.42. The van der Waals surface area contributed by atoms with Gasteiger partial charge in [-0.05, 0) is 34.7 Å². The minimum absolute atomic E-state index is 0.865. The molecule has 0 amide bonds. The van der Waals surface area contributed by atoms with Crippen LogP contribution in [0.4, 0.5) is 5.13 Å². The molecule has 0 aliphatic carbocycles. The van der Waals surface area contributed by atoms with Crippen LogP contribution in [0, 0.1) is 3.57 Å². The SMILES string of the molecule is CN(C)c1nnc(-c2ncccc2I)s1. The topological polar surface area (TPSA) is 41.9 Å². The smallest absolute Gasteiger partial charge is 0.208 e. The molecule has 0 spiro atoms. The van der Waals surface area contributed by atoms with E-state index in [0.717, 1.165) is 19.4 Å². The minimum atomic E-state index is 0.865. The van der Waals surface area contributed by atoms with Gasteiger partial charge in [0.1, 0.15) is 5.69 Å². The average Bonchev–Trinajstić information content (AvgIpc) is 2.67. The third-order valence-corrected chi connectivity index (χ3v) is 3.73. The molecule has 2 aromatic heterocycles. The van der Waals surface area contributed by atoms with E-state index in [9.17, 15) is 0 Å². The van der Waals surface area contributed by atoms with Crippen molar-refractivity contribution in [1.29, 1.82) is 0 Å². The molecule has 2 aromatic rings. The summed E-state index contributed by atoms with van der Waals surface area (Å²) in [6.45, 7) is 0. The monoisotopic (exact) mass is 332 g/mol. The second kappa shape index (κ2) is 4.40. The van der Waals surface area contributed by atoms with Gasteiger partial charge in [-0.15, -0.1) is 10.2 Å². The van der Waals surface area contributed by atoms with Crippen LogP contribution in [0.2, 0.25) is 0 Å². The molecule has 0 fully saturated rings. The Morgan fingerprint density at radius 1 is 1.33 bits per heavy atom. The number of anilines is 1. The summed E-state index contributed by atoms with van der Waals surface area (Å²) in [6.07, 6.45) is 1.77. The van der Waals surface area contributed by atoms with Gasteiger partial charge < -0.3 is 4.90 Å². The van der Waals surface area contributed by atoms with Gasteiger partial charge >= 0.3 is 0 Å². The largest absolute Gasteiger partial charge is 0.353 e. The maximum absolute atomic E-state index is 4.30. The highest BCUT2D eigenvalue weighted by molar-refractivity contribution is 14.1. The van der Waals surface area contributed by atoms with Crippen molar-refractivity contribution in [2.24, 2.45) is 0 Å². The number of rotatable bonds is 2. The van der Waals surface area contributed by atoms with Crippen molar-refractivity contribution < 1.29 is 0 Å². The number of nitrogens with zero attached hydrogens (tertiary/aromatic N) is 4. The molecule has 2 rings (SSSR count). The van der Waals surface area contributed by atoms with Crippen molar-refractivity contribution in [3.63, 3.8) is 0 Å². The van der Waals surface area contributed by atoms with Crippen LogP contribution >= 0.6 is 33.9 Å². The zero-order chi connectivity index (χ0) is 10.8. The van der Waals surface area contributed by atoms with Crippen LogP contribution in [0.15, 0.2) is 18.3 Å². The lowest BCUT2D eigenvalue weighted by Crippen LogP contribution is -2.07. The molecule has 0 aliphatic heterocycles. The molecule has 0 unspecified atom stereocenters. The Labute approximate surface area is 106 Å². The van der Waals surface area contributed by atoms with Gasteiger partial charge in [0.05, 0.1) is 0 Å². The number of hydrogen-bond acceptors (Lipinski definition) is 5. The maximum atomic E-state index is 4.30. The van der Waals surface area contributed by atoms with E-state index in [1.807, 2.05) is 31.1 Å². The van der Waals surface area contributed by atoms with Crippen LogP contribution < -0.4 is 4.90 Å². The quantitative estimate of drug-likeness (QED) is 0.792. The lowest BCUT2D eigenvalue weighted by Gasteiger charge is -2.03. The Morgan fingerprint density at radius 2 is 2.13 bits per heavy atom. The molecule has 2 heterocycles. The number of pyridine rings is 1. The molecular formula is C9H9IN4S. The molecule has 0 aromatic carbocycles. The molecule has 0 saturated carbocycles. The van der Waals surface area contributed by atoms with Crippen molar-refractivity contribution in [2.75, 3.05) is 19.0 Å². The summed E-state index contributed by atoms with van der Waals surface area (Å²) in [6, 6.07) is 3.93. The second-order valence-corrected chi connectivity index (χ2v) is 5.24. The van der Waals surface area contributed by atoms with Gasteiger partial charge in [0, 0.05) is 23.9 Å². The molecule has 78 valence electrons. The fraction of sp³-hybridized carbons (Fsp3) is 0.222. The Bertz CT molecular complexity index is 469. The second-order valence-electron chi connectivity index (χ2n) is 3.12. The molecule has 0 saturated heterocycles. The van der Waals surface area contributed by atoms with Crippen molar-refractivity contribution >= 4 is 39.1 Å². The molecule has 6 heteroatoms. The van der Waals surface area contributed by atoms with Crippen molar-refractivity contribution in [1.82, 2.24) is 15.2 Å². The zero-order valence-electron chi connectivity index (χ0n) is 8.31. The van der Waals surface area contributed by atoms with Gasteiger partial charge in [-0.1, -0.05) is 11.3 Å². The van der Waals surface area contributed by atoms with Crippen LogP contribution in [-0.4, -0.2) is 29.3 Å². The van der Waals surface area contributed by atoms with Crippen molar-refractivity contribution in [3.8, 4) is 10.7 Å². The first-order chi connectivity index (χ1) is 7.18. The van der Waals surface area contributed by atoms with E-state index in [0.29, 0.717) is 0 Å². The van der Waals surface area contributed by atoms with Gasteiger partial charge in [0.25, 0.3) is 0 Å². The highest BCUT2D eigenvalue weighted by Crippen LogP contribution is 2.28. The van der Waals surface area contributed by atoms with Gasteiger partial charge in [-0.3, -0.25) is 4.98 Å². The van der Waals surface area contributed by atoms with E-state index in [-0.39, 0.29) is 0 Å². The fourth-order valence-electron chi connectivity index (χ4n) is 1.03. The lowest BCUT2D eigenvalue weighted by molar-refractivity contribution is 1.02. The highest BCUT2D eigenvalue weighted by Gasteiger charge is 2.11. The Kier molecular flexibility index (Phi) is 3.15. The van der Waals surface area contributed by atoms with E-state index < -0.39 is 0 Å². The summed E-state index contributed by atoms with van der Waals surface area (Å²) in [5, 5.41) is 9.97. The molecule has 0 atom stereocenters. The van der Waals surface area contributed by atoms with E-state index in [4.69, 9.17) is 0 Å². The summed E-state index contributed by atoms with van der Waals surface area (Å²) >= 11 is 3.80. The normalized spacial score (nSPS) is 10.3.